The van der Waals surface area contributed by atoms with Crippen LogP contribution in [0, 0.1) is 5.82 Å². The predicted molar refractivity (Wildman–Crippen MR) is 72.7 cm³/mol. The Morgan fingerprint density at radius 3 is 2.55 bits per heavy atom. The van der Waals surface area contributed by atoms with Crippen LogP contribution in [-0.4, -0.2) is 27.0 Å². The van der Waals surface area contributed by atoms with E-state index in [2.05, 4.69) is 21.0 Å². The quantitative estimate of drug-likeness (QED) is 0.799. The van der Waals surface area contributed by atoms with Crippen molar-refractivity contribution in [3.05, 3.63) is 34.1 Å². The molecular weight excluding hydrogens is 374 g/mol. The monoisotopic (exact) mass is 381 g/mol. The second-order valence-corrected chi connectivity index (χ2v) is 5.23. The number of carboxylic acid groups (broad SMARTS) is 1. The first-order valence-corrected chi connectivity index (χ1v) is 6.51. The number of alkyl halides is 3. The van der Waals surface area contributed by atoms with Crippen molar-refractivity contribution in [1.82, 2.24) is 9.78 Å². The van der Waals surface area contributed by atoms with Crippen LogP contribution in [0.5, 0.6) is 0 Å². The van der Waals surface area contributed by atoms with Crippen molar-refractivity contribution in [2.24, 2.45) is 0 Å². The third-order valence-corrected chi connectivity index (χ3v) is 3.21. The van der Waals surface area contributed by atoms with E-state index in [0.717, 1.165) is 6.07 Å². The van der Waals surface area contributed by atoms with Gasteiger partial charge in [-0.2, -0.15) is 18.3 Å². The van der Waals surface area contributed by atoms with E-state index in [1.807, 2.05) is 0 Å². The van der Waals surface area contributed by atoms with Gasteiger partial charge in [-0.1, -0.05) is 15.9 Å². The summed E-state index contributed by atoms with van der Waals surface area (Å²) < 4.78 is 52.0. The molecule has 0 saturated carbocycles. The molecule has 0 bridgehead atoms. The minimum Gasteiger partial charge on any atom is -0.477 e. The lowest BCUT2D eigenvalue weighted by molar-refractivity contribution is -0.142. The van der Waals surface area contributed by atoms with Gasteiger partial charge in [0.15, 0.2) is 0 Å². The van der Waals surface area contributed by atoms with Gasteiger partial charge >= 0.3 is 12.1 Å². The molecule has 3 N–H and O–H groups in total. The molecule has 0 aliphatic heterocycles. The summed E-state index contributed by atoms with van der Waals surface area (Å²) in [5.41, 5.74) is 4.03. The first-order chi connectivity index (χ1) is 10.1. The molecule has 0 radical (unpaired) electrons. The zero-order chi connectivity index (χ0) is 16.7. The number of hydrogen-bond donors (Lipinski definition) is 2. The lowest BCUT2D eigenvalue weighted by Gasteiger charge is -2.07. The van der Waals surface area contributed by atoms with E-state index >= 15 is 0 Å². The lowest BCUT2D eigenvalue weighted by Crippen LogP contribution is -2.20. The second-order valence-electron chi connectivity index (χ2n) is 4.31. The molecule has 0 aliphatic carbocycles. The van der Waals surface area contributed by atoms with Gasteiger partial charge < -0.3 is 10.8 Å². The molecule has 22 heavy (non-hydrogen) atoms. The van der Waals surface area contributed by atoms with Crippen LogP contribution >= 0.6 is 15.9 Å². The Kier molecular flexibility index (Phi) is 4.14. The fraction of sp³-hybridized carbons (Fsp3) is 0.167. The summed E-state index contributed by atoms with van der Waals surface area (Å²) in [6.07, 6.45) is -4.65. The minimum atomic E-state index is -4.65. The third-order valence-electron chi connectivity index (χ3n) is 2.72. The molecule has 2 rings (SSSR count). The maximum absolute atomic E-state index is 13.9. The fourth-order valence-electron chi connectivity index (χ4n) is 1.85. The summed E-state index contributed by atoms with van der Waals surface area (Å²) in [4.78, 5) is 11.2. The van der Waals surface area contributed by atoms with Gasteiger partial charge in [-0.05, 0) is 18.2 Å². The number of nitrogens with zero attached hydrogens (tertiary/aromatic N) is 2. The van der Waals surface area contributed by atoms with E-state index in [1.165, 1.54) is 12.1 Å². The van der Waals surface area contributed by atoms with Gasteiger partial charge in [0.2, 0.25) is 0 Å². The first kappa shape index (κ1) is 16.3. The highest BCUT2D eigenvalue weighted by molar-refractivity contribution is 9.10. The van der Waals surface area contributed by atoms with Crippen molar-refractivity contribution in [1.29, 1.82) is 0 Å². The van der Waals surface area contributed by atoms with E-state index in [-0.39, 0.29) is 5.56 Å². The molecule has 1 aromatic carbocycles. The highest BCUT2D eigenvalue weighted by Crippen LogP contribution is 2.32. The number of carboxylic acids is 1. The number of nitrogens with two attached hydrogens (primary N) is 1. The normalized spacial score (nSPS) is 11.7. The summed E-state index contributed by atoms with van der Waals surface area (Å²) in [5.74, 6) is -3.13. The number of benzene rings is 1. The van der Waals surface area contributed by atoms with Crippen LogP contribution in [0.1, 0.15) is 10.4 Å². The number of rotatable bonds is 3. The summed E-state index contributed by atoms with van der Waals surface area (Å²) in [6.45, 7) is -1.57. The van der Waals surface area contributed by atoms with Crippen LogP contribution in [-0.2, 0) is 6.54 Å². The molecule has 5 nitrogen and oxygen atoms in total. The fourth-order valence-corrected chi connectivity index (χ4v) is 2.18. The summed E-state index contributed by atoms with van der Waals surface area (Å²) in [6, 6.07) is 3.65. The maximum Gasteiger partial charge on any atom is 0.408 e. The third kappa shape index (κ3) is 3.21. The van der Waals surface area contributed by atoms with Crippen molar-refractivity contribution in [2.75, 3.05) is 5.73 Å². The Bertz CT molecular complexity index is 743. The van der Waals surface area contributed by atoms with Gasteiger partial charge in [0.1, 0.15) is 29.4 Å². The number of hydrogen-bond acceptors (Lipinski definition) is 3. The largest absolute Gasteiger partial charge is 0.477 e. The van der Waals surface area contributed by atoms with Gasteiger partial charge in [0.05, 0.1) is 0 Å². The average Bonchev–Trinajstić information content (AvgIpc) is 2.64. The van der Waals surface area contributed by atoms with Crippen LogP contribution in [0.25, 0.3) is 11.3 Å². The topological polar surface area (TPSA) is 81.1 Å². The molecule has 0 fully saturated rings. The molecule has 2 aromatic rings. The Morgan fingerprint density at radius 1 is 1.41 bits per heavy atom. The van der Waals surface area contributed by atoms with Crippen molar-refractivity contribution < 1.29 is 27.5 Å². The minimum absolute atomic E-state index is 0.256. The highest BCUT2D eigenvalue weighted by Gasteiger charge is 2.33. The molecule has 0 spiro atoms. The standard InChI is InChI=1S/C12H8BrF4N3O2/c13-5-1-2-6(7(14)3-5)9-8(11(21)22)10(18)20(19-9)4-12(15,16)17/h1-3H,4,18H2,(H,21,22). The number of carbonyl (C=O) groups is 1. The first-order valence-electron chi connectivity index (χ1n) is 5.72. The lowest BCUT2D eigenvalue weighted by atomic mass is 10.1. The van der Waals surface area contributed by atoms with E-state index in [0.29, 0.717) is 9.15 Å². The van der Waals surface area contributed by atoms with Crippen molar-refractivity contribution >= 4 is 27.7 Å². The van der Waals surface area contributed by atoms with E-state index < -0.39 is 41.6 Å². The van der Waals surface area contributed by atoms with Crippen LogP contribution in [0.3, 0.4) is 0 Å². The zero-order valence-corrected chi connectivity index (χ0v) is 12.2. The van der Waals surface area contributed by atoms with Crippen LogP contribution in [0.15, 0.2) is 22.7 Å². The summed E-state index contributed by atoms with van der Waals surface area (Å²) in [7, 11) is 0. The highest BCUT2D eigenvalue weighted by atomic mass is 79.9. The molecule has 0 amide bonds. The average molecular weight is 382 g/mol. The smallest absolute Gasteiger partial charge is 0.408 e. The summed E-state index contributed by atoms with van der Waals surface area (Å²) in [5, 5.41) is 12.6. The maximum atomic E-state index is 13.9. The zero-order valence-electron chi connectivity index (χ0n) is 10.7. The Labute approximate surface area is 129 Å². The SMILES string of the molecule is Nc1c(C(=O)O)c(-c2ccc(Br)cc2F)nn1CC(F)(F)F. The van der Waals surface area contributed by atoms with E-state index in [4.69, 9.17) is 10.8 Å². The molecular formula is C12H8BrF4N3O2. The molecule has 0 unspecified atom stereocenters. The Morgan fingerprint density at radius 2 is 2.05 bits per heavy atom. The van der Waals surface area contributed by atoms with Crippen LogP contribution in [0.2, 0.25) is 0 Å². The molecule has 0 atom stereocenters. The van der Waals surface area contributed by atoms with Gasteiger partial charge in [0.25, 0.3) is 0 Å². The van der Waals surface area contributed by atoms with E-state index in [9.17, 15) is 22.4 Å². The van der Waals surface area contributed by atoms with Gasteiger partial charge in [-0.25, -0.2) is 13.9 Å². The number of aromatic nitrogens is 2. The number of halogens is 5. The predicted octanol–water partition coefficient (Wildman–Crippen LogP) is 3.29. The second kappa shape index (κ2) is 5.59. The Balaban J connectivity index is 2.64. The number of aromatic carboxylic acids is 1. The van der Waals surface area contributed by atoms with Crippen molar-refractivity contribution in [3.8, 4) is 11.3 Å². The van der Waals surface area contributed by atoms with E-state index in [1.54, 1.807) is 0 Å². The van der Waals surface area contributed by atoms with Crippen LogP contribution < -0.4 is 5.73 Å². The number of anilines is 1. The van der Waals surface area contributed by atoms with Gasteiger partial charge in [0, 0.05) is 10.0 Å². The molecule has 1 heterocycles. The Hall–Kier alpha value is -2.10. The van der Waals surface area contributed by atoms with Gasteiger partial charge in [-0.3, -0.25) is 0 Å². The van der Waals surface area contributed by atoms with Crippen molar-refractivity contribution in [2.45, 2.75) is 12.7 Å². The molecule has 0 aliphatic rings. The summed E-state index contributed by atoms with van der Waals surface area (Å²) >= 11 is 3.02. The molecule has 118 valence electrons. The van der Waals surface area contributed by atoms with Gasteiger partial charge in [-0.15, -0.1) is 0 Å². The molecule has 0 saturated heterocycles. The van der Waals surface area contributed by atoms with Crippen molar-refractivity contribution in [3.63, 3.8) is 0 Å². The number of nitrogen functional groups attached to an aromatic ring is 1. The van der Waals surface area contributed by atoms with Crippen LogP contribution in [0.4, 0.5) is 23.4 Å². The molecule has 1 aromatic heterocycles. The molecule has 10 heteroatoms.